The van der Waals surface area contributed by atoms with Crippen molar-refractivity contribution in [3.05, 3.63) is 42.0 Å². The van der Waals surface area contributed by atoms with Crippen molar-refractivity contribution in [3.63, 3.8) is 0 Å². The number of rotatable bonds is 7. The Kier molecular flexibility index (Phi) is 7.23. The third-order valence-electron chi connectivity index (χ3n) is 9.73. The molecule has 3 aliphatic heterocycles. The Hall–Kier alpha value is -4.25. The predicted octanol–water partition coefficient (Wildman–Crippen LogP) is 5.28. The predicted molar refractivity (Wildman–Crippen MR) is 178 cm³/mol. The third-order valence-corrected chi connectivity index (χ3v) is 9.73. The van der Waals surface area contributed by atoms with Crippen molar-refractivity contribution in [1.82, 2.24) is 23.9 Å². The number of piperazine rings is 1. The van der Waals surface area contributed by atoms with Gasteiger partial charge in [-0.3, -0.25) is 9.69 Å². The summed E-state index contributed by atoms with van der Waals surface area (Å²) in [6.45, 7) is 14.9. The summed E-state index contributed by atoms with van der Waals surface area (Å²) in [4.78, 5) is 37.8. The summed E-state index contributed by atoms with van der Waals surface area (Å²) in [5, 5.41) is 10.6. The molecule has 0 radical (unpaired) electrons. The monoisotopic (exact) mass is 628 g/mol. The number of aryl methyl sites for hydroxylation is 1. The number of hydrogen-bond acceptors (Lipinski definition) is 7. The number of carbonyl (C=O) groups excluding carboxylic acids is 2. The van der Waals surface area contributed by atoms with Crippen LogP contribution >= 0.6 is 0 Å². The van der Waals surface area contributed by atoms with Crippen LogP contribution in [0.1, 0.15) is 64.4 Å². The first-order valence-corrected chi connectivity index (χ1v) is 16.4. The van der Waals surface area contributed by atoms with Gasteiger partial charge in [-0.1, -0.05) is 12.1 Å². The number of carbonyl (C=O) groups is 2. The quantitative estimate of drug-likeness (QED) is 0.278. The topological polar surface area (TPSA) is 105 Å². The summed E-state index contributed by atoms with van der Waals surface area (Å²) in [5.74, 6) is 1.34. The molecule has 3 aliphatic rings. The molecular formula is C35H44N6O5. The summed E-state index contributed by atoms with van der Waals surface area (Å²) in [7, 11) is 1.63. The highest BCUT2D eigenvalue weighted by Gasteiger charge is 2.62. The van der Waals surface area contributed by atoms with Crippen molar-refractivity contribution in [1.29, 1.82) is 0 Å². The SMILES string of the molecule is CCn1c(-c2cc3cccc4c3n2C(C)CN4CCCO)nc2cc(C(=O)N3C[C@@H]4[C@H]([C@H]3C)N4C(=O)OC(C)(C)C)cc(OC)c21. The van der Waals surface area contributed by atoms with Gasteiger partial charge in [-0.05, 0) is 72.2 Å². The van der Waals surface area contributed by atoms with Crippen LogP contribution in [-0.4, -0.2) is 98.1 Å². The van der Waals surface area contributed by atoms with Gasteiger partial charge in [-0.2, -0.15) is 0 Å². The Bertz CT molecular complexity index is 1850. The Labute approximate surface area is 269 Å². The zero-order chi connectivity index (χ0) is 32.7. The Balaban J connectivity index is 1.24. The van der Waals surface area contributed by atoms with Crippen LogP contribution in [0.3, 0.4) is 0 Å². The number of methoxy groups -OCH3 is 1. The maximum Gasteiger partial charge on any atom is 0.411 e. The van der Waals surface area contributed by atoms with E-state index in [9.17, 15) is 14.7 Å². The van der Waals surface area contributed by atoms with Gasteiger partial charge in [0.15, 0.2) is 5.82 Å². The van der Waals surface area contributed by atoms with Crippen LogP contribution in [-0.2, 0) is 11.3 Å². The number of benzene rings is 2. The molecule has 11 nitrogen and oxygen atoms in total. The molecule has 1 unspecified atom stereocenters. The zero-order valence-corrected chi connectivity index (χ0v) is 27.8. The highest BCUT2D eigenvalue weighted by Crippen LogP contribution is 2.44. The molecule has 5 heterocycles. The summed E-state index contributed by atoms with van der Waals surface area (Å²) >= 11 is 0. The number of ether oxygens (including phenoxy) is 2. The Morgan fingerprint density at radius 3 is 2.52 bits per heavy atom. The van der Waals surface area contributed by atoms with E-state index in [1.807, 2.05) is 44.7 Å². The molecule has 1 N–H and O–H groups in total. The second kappa shape index (κ2) is 10.9. The standard InChI is InChI=1S/C35H44N6O5/c1-8-38-31-24(36-32(38)26-16-22-11-9-12-25-30(22)40(26)20(2)18-37(25)13-10-14-42)15-23(17-28(31)45-7)33(43)39-19-27-29(21(39)3)41(27)34(44)46-35(4,5)6/h9,11-12,15-17,20-21,27,29,42H,8,10,13-14,18-19H2,1-7H3/t20?,21-,27-,29+,41?/m1/s1. The fourth-order valence-corrected chi connectivity index (χ4v) is 7.74. The van der Waals surface area contributed by atoms with Crippen molar-refractivity contribution in [2.45, 2.75) is 84.3 Å². The van der Waals surface area contributed by atoms with Crippen LogP contribution in [0.4, 0.5) is 10.5 Å². The van der Waals surface area contributed by atoms with E-state index in [1.165, 1.54) is 11.2 Å². The minimum absolute atomic E-state index is 0.0303. The molecule has 4 atom stereocenters. The minimum atomic E-state index is -0.564. The van der Waals surface area contributed by atoms with E-state index in [2.05, 4.69) is 52.1 Å². The molecular weight excluding hydrogens is 584 g/mol. The summed E-state index contributed by atoms with van der Waals surface area (Å²) in [6, 6.07) is 12.3. The van der Waals surface area contributed by atoms with Gasteiger partial charge < -0.3 is 33.5 Å². The van der Waals surface area contributed by atoms with Gasteiger partial charge in [0.05, 0.1) is 47.7 Å². The lowest BCUT2D eigenvalue weighted by Crippen LogP contribution is -2.43. The average molecular weight is 629 g/mol. The molecule has 2 aromatic heterocycles. The second-order valence-corrected chi connectivity index (χ2v) is 13.9. The lowest BCUT2D eigenvalue weighted by molar-refractivity contribution is 0.0327. The van der Waals surface area contributed by atoms with E-state index < -0.39 is 5.60 Å². The lowest BCUT2D eigenvalue weighted by atomic mass is 10.1. The maximum atomic E-state index is 14.0. The largest absolute Gasteiger partial charge is 0.494 e. The highest BCUT2D eigenvalue weighted by atomic mass is 16.6. The molecule has 4 aromatic rings. The smallest absolute Gasteiger partial charge is 0.411 e. The number of likely N-dealkylation sites (tertiary alicyclic amines) is 1. The number of nitrogens with zero attached hydrogens (tertiary/aromatic N) is 6. The minimum Gasteiger partial charge on any atom is -0.494 e. The average Bonchev–Trinajstić information content (AvgIpc) is 3.24. The molecule has 7 rings (SSSR count). The molecule has 2 saturated heterocycles. The van der Waals surface area contributed by atoms with Gasteiger partial charge in [0.25, 0.3) is 5.91 Å². The first-order valence-electron chi connectivity index (χ1n) is 16.4. The number of hydrogen-bond donors (Lipinski definition) is 1. The first-order chi connectivity index (χ1) is 22.0. The number of anilines is 1. The highest BCUT2D eigenvalue weighted by molar-refractivity contribution is 6.01. The van der Waals surface area contributed by atoms with Gasteiger partial charge in [-0.25, -0.2) is 9.78 Å². The van der Waals surface area contributed by atoms with Crippen molar-refractivity contribution < 1.29 is 24.2 Å². The van der Waals surface area contributed by atoms with E-state index in [0.717, 1.165) is 41.9 Å². The van der Waals surface area contributed by atoms with E-state index in [1.54, 1.807) is 12.0 Å². The van der Waals surface area contributed by atoms with Crippen molar-refractivity contribution >= 4 is 39.6 Å². The molecule has 0 bridgehead atoms. The summed E-state index contributed by atoms with van der Waals surface area (Å²) in [5.41, 5.74) is 4.89. The molecule has 244 valence electrons. The number of amides is 2. The molecule has 11 heteroatoms. The van der Waals surface area contributed by atoms with Gasteiger partial charge in [0, 0.05) is 49.8 Å². The van der Waals surface area contributed by atoms with Gasteiger partial charge in [0.2, 0.25) is 0 Å². The normalized spacial score (nSPS) is 22.1. The fraction of sp³-hybridized carbons (Fsp3) is 0.514. The van der Waals surface area contributed by atoms with E-state index in [-0.39, 0.29) is 42.8 Å². The first kappa shape index (κ1) is 30.4. The number of imidazole rings is 1. The van der Waals surface area contributed by atoms with Crippen LogP contribution < -0.4 is 9.64 Å². The summed E-state index contributed by atoms with van der Waals surface area (Å²) in [6.07, 6.45) is 0.404. The van der Waals surface area contributed by atoms with Gasteiger partial charge >= 0.3 is 6.09 Å². The molecule has 0 aliphatic carbocycles. The maximum absolute atomic E-state index is 14.0. The molecule has 2 aromatic carbocycles. The third kappa shape index (κ3) is 4.70. The van der Waals surface area contributed by atoms with Crippen LogP contribution in [0.25, 0.3) is 33.5 Å². The van der Waals surface area contributed by atoms with E-state index >= 15 is 0 Å². The van der Waals surface area contributed by atoms with Gasteiger partial charge in [-0.15, -0.1) is 0 Å². The number of fused-ring (bicyclic) bond motifs is 2. The molecule has 0 spiro atoms. The van der Waals surface area contributed by atoms with E-state index in [0.29, 0.717) is 29.9 Å². The van der Waals surface area contributed by atoms with Crippen molar-refractivity contribution in [2.75, 3.05) is 38.3 Å². The number of aromatic nitrogens is 3. The number of aliphatic hydroxyl groups excluding tert-OH is 1. The van der Waals surface area contributed by atoms with Crippen molar-refractivity contribution in [2.24, 2.45) is 0 Å². The number of para-hydroxylation sites is 1. The van der Waals surface area contributed by atoms with Crippen LogP contribution in [0.2, 0.25) is 0 Å². The molecule has 46 heavy (non-hydrogen) atoms. The molecule has 2 amide bonds. The lowest BCUT2D eigenvalue weighted by Gasteiger charge is -2.35. The van der Waals surface area contributed by atoms with Crippen LogP contribution in [0.15, 0.2) is 36.4 Å². The second-order valence-electron chi connectivity index (χ2n) is 13.9. The Morgan fingerprint density at radius 2 is 1.87 bits per heavy atom. The molecule has 0 saturated carbocycles. The number of aliphatic hydroxyl groups is 1. The zero-order valence-electron chi connectivity index (χ0n) is 27.8. The Morgan fingerprint density at radius 1 is 1.09 bits per heavy atom. The summed E-state index contributed by atoms with van der Waals surface area (Å²) < 4.78 is 16.1. The van der Waals surface area contributed by atoms with Crippen molar-refractivity contribution in [3.8, 4) is 17.3 Å². The molecule has 2 fully saturated rings. The van der Waals surface area contributed by atoms with Crippen LogP contribution in [0, 0.1) is 0 Å². The fourth-order valence-electron chi connectivity index (χ4n) is 7.74. The van der Waals surface area contributed by atoms with E-state index in [4.69, 9.17) is 14.5 Å². The van der Waals surface area contributed by atoms with Crippen LogP contribution in [0.5, 0.6) is 5.75 Å². The van der Waals surface area contributed by atoms with Gasteiger partial charge in [0.1, 0.15) is 16.9 Å².